The van der Waals surface area contributed by atoms with Crippen LogP contribution in [-0.4, -0.2) is 31.5 Å². The van der Waals surface area contributed by atoms with Crippen molar-refractivity contribution in [2.45, 2.75) is 0 Å². The number of nitrogens with one attached hydrogen (secondary N) is 3. The molecule has 0 aliphatic carbocycles. The lowest BCUT2D eigenvalue weighted by Gasteiger charge is -2.09. The monoisotopic (exact) mass is 422 g/mol. The van der Waals surface area contributed by atoms with Gasteiger partial charge in [-0.25, -0.2) is 14.0 Å². The number of fused-ring (bicyclic) bond motifs is 2. The zero-order valence-corrected chi connectivity index (χ0v) is 15.9. The van der Waals surface area contributed by atoms with Crippen LogP contribution in [0.4, 0.5) is 21.7 Å². The van der Waals surface area contributed by atoms with E-state index in [0.29, 0.717) is 5.69 Å². The maximum absolute atomic E-state index is 13.4. The molecular weight excluding hydrogens is 411 g/mol. The van der Waals surface area contributed by atoms with E-state index in [1.807, 2.05) is 30.5 Å². The molecule has 9 nitrogen and oxygen atoms in total. The first-order chi connectivity index (χ1) is 14.7. The number of benzene rings is 2. The zero-order chi connectivity index (χ0) is 20.5. The Morgan fingerprint density at radius 1 is 1.07 bits per heavy atom. The van der Waals surface area contributed by atoms with Gasteiger partial charge < -0.3 is 10.3 Å². The lowest BCUT2D eigenvalue weighted by molar-refractivity contribution is 0.314. The van der Waals surface area contributed by atoms with E-state index in [9.17, 15) is 4.39 Å². The molecule has 0 radical (unpaired) electrons. The number of aromatic amines is 1. The topological polar surface area (TPSA) is 117 Å². The normalized spacial score (nSPS) is 11.5. The molecule has 0 bridgehead atoms. The second kappa shape index (κ2) is 7.41. The van der Waals surface area contributed by atoms with Crippen molar-refractivity contribution < 1.29 is 9.02 Å². The van der Waals surface area contributed by atoms with Crippen molar-refractivity contribution in [2.75, 3.05) is 10.7 Å². The van der Waals surface area contributed by atoms with Gasteiger partial charge in [0.15, 0.2) is 11.6 Å². The SMILES string of the molecule is Fc1ccc(Nc2nc3nonc3nc2NN=Cc2c[nH]c3ccccc23)cc1Cl. The first-order valence-electron chi connectivity index (χ1n) is 8.75. The van der Waals surface area contributed by atoms with Crippen molar-refractivity contribution in [3.63, 3.8) is 0 Å². The molecule has 0 saturated heterocycles. The molecule has 30 heavy (non-hydrogen) atoms. The van der Waals surface area contributed by atoms with Gasteiger partial charge in [-0.3, -0.25) is 5.43 Å². The van der Waals surface area contributed by atoms with Gasteiger partial charge in [-0.15, -0.1) is 0 Å². The Bertz CT molecular complexity index is 1400. The summed E-state index contributed by atoms with van der Waals surface area (Å²) in [7, 11) is 0. The molecule has 5 rings (SSSR count). The fraction of sp³-hybridized carbons (Fsp3) is 0. The summed E-state index contributed by atoms with van der Waals surface area (Å²) in [4.78, 5) is 11.8. The number of anilines is 3. The summed E-state index contributed by atoms with van der Waals surface area (Å²) in [5.41, 5.74) is 5.68. The number of nitrogens with zero attached hydrogens (tertiary/aromatic N) is 5. The van der Waals surface area contributed by atoms with Crippen LogP contribution in [0.1, 0.15) is 5.56 Å². The van der Waals surface area contributed by atoms with Crippen LogP contribution in [0.5, 0.6) is 0 Å². The Kier molecular flexibility index (Phi) is 4.45. The summed E-state index contributed by atoms with van der Waals surface area (Å²) in [6, 6.07) is 12.1. The van der Waals surface area contributed by atoms with Crippen LogP contribution in [0.3, 0.4) is 0 Å². The highest BCUT2D eigenvalue weighted by atomic mass is 35.5. The van der Waals surface area contributed by atoms with Gasteiger partial charge in [0.1, 0.15) is 5.82 Å². The van der Waals surface area contributed by atoms with E-state index in [1.165, 1.54) is 18.2 Å². The summed E-state index contributed by atoms with van der Waals surface area (Å²) in [6.07, 6.45) is 3.51. The lowest BCUT2D eigenvalue weighted by atomic mass is 10.2. The predicted molar refractivity (Wildman–Crippen MR) is 112 cm³/mol. The van der Waals surface area contributed by atoms with Gasteiger partial charge in [0, 0.05) is 28.4 Å². The van der Waals surface area contributed by atoms with Crippen LogP contribution >= 0.6 is 11.6 Å². The number of hydrogen-bond acceptors (Lipinski definition) is 8. The van der Waals surface area contributed by atoms with Crippen LogP contribution in [-0.2, 0) is 0 Å². The molecule has 5 aromatic rings. The minimum atomic E-state index is -0.522. The maximum Gasteiger partial charge on any atom is 0.245 e. The van der Waals surface area contributed by atoms with E-state index in [0.717, 1.165) is 16.5 Å². The van der Waals surface area contributed by atoms with Crippen molar-refractivity contribution in [3.05, 3.63) is 65.1 Å². The molecule has 3 heterocycles. The van der Waals surface area contributed by atoms with Crippen LogP contribution in [0.15, 0.2) is 58.4 Å². The molecule has 2 aromatic carbocycles. The highest BCUT2D eigenvalue weighted by Gasteiger charge is 2.13. The molecule has 0 amide bonds. The van der Waals surface area contributed by atoms with Gasteiger partial charge in [0.2, 0.25) is 11.3 Å². The first kappa shape index (κ1) is 18.0. The minimum absolute atomic E-state index is 0.0241. The van der Waals surface area contributed by atoms with E-state index in [1.54, 1.807) is 6.21 Å². The van der Waals surface area contributed by atoms with Gasteiger partial charge >= 0.3 is 0 Å². The third-order valence-electron chi connectivity index (χ3n) is 4.29. The largest absolute Gasteiger partial charge is 0.361 e. The Labute approximate surface area is 172 Å². The number of hydrazone groups is 1. The maximum atomic E-state index is 13.4. The third kappa shape index (κ3) is 3.40. The van der Waals surface area contributed by atoms with E-state index < -0.39 is 5.82 Å². The Balaban J connectivity index is 1.46. The average Bonchev–Trinajstić information content (AvgIpc) is 3.37. The lowest BCUT2D eigenvalue weighted by Crippen LogP contribution is -2.03. The van der Waals surface area contributed by atoms with Gasteiger partial charge in [0.25, 0.3) is 0 Å². The van der Waals surface area contributed by atoms with Gasteiger partial charge in [-0.2, -0.15) is 10.1 Å². The summed E-state index contributed by atoms with van der Waals surface area (Å²) >= 11 is 5.86. The fourth-order valence-electron chi connectivity index (χ4n) is 2.88. The van der Waals surface area contributed by atoms with Crippen LogP contribution in [0.2, 0.25) is 5.02 Å². The van der Waals surface area contributed by atoms with Crippen molar-refractivity contribution in [2.24, 2.45) is 5.10 Å². The molecule has 0 saturated carbocycles. The second-order valence-corrected chi connectivity index (χ2v) is 6.65. The van der Waals surface area contributed by atoms with Crippen LogP contribution in [0.25, 0.3) is 22.2 Å². The fourth-order valence-corrected chi connectivity index (χ4v) is 3.06. The van der Waals surface area contributed by atoms with Gasteiger partial charge in [0.05, 0.1) is 11.2 Å². The van der Waals surface area contributed by atoms with Crippen molar-refractivity contribution in [1.29, 1.82) is 0 Å². The molecule has 0 aliphatic heterocycles. The summed E-state index contributed by atoms with van der Waals surface area (Å²) < 4.78 is 18.1. The summed E-state index contributed by atoms with van der Waals surface area (Å²) in [6.45, 7) is 0. The quantitative estimate of drug-likeness (QED) is 0.282. The molecule has 0 aliphatic rings. The van der Waals surface area contributed by atoms with E-state index in [2.05, 4.69) is 45.7 Å². The number of hydrogen-bond donors (Lipinski definition) is 3. The number of para-hydroxylation sites is 1. The first-order valence-corrected chi connectivity index (χ1v) is 9.13. The van der Waals surface area contributed by atoms with E-state index in [-0.39, 0.29) is 28.0 Å². The molecule has 3 aromatic heterocycles. The molecule has 0 fully saturated rings. The molecular formula is C19H12ClFN8O. The van der Waals surface area contributed by atoms with Gasteiger partial charge in [-0.05, 0) is 34.6 Å². The molecule has 148 valence electrons. The Hall–Kier alpha value is -4.05. The number of halogens is 2. The van der Waals surface area contributed by atoms with Gasteiger partial charge in [-0.1, -0.05) is 29.8 Å². The van der Waals surface area contributed by atoms with E-state index >= 15 is 0 Å². The third-order valence-corrected chi connectivity index (χ3v) is 4.58. The molecule has 0 spiro atoms. The Morgan fingerprint density at radius 3 is 2.70 bits per heavy atom. The minimum Gasteiger partial charge on any atom is -0.361 e. The van der Waals surface area contributed by atoms with E-state index in [4.69, 9.17) is 11.6 Å². The highest BCUT2D eigenvalue weighted by molar-refractivity contribution is 6.31. The van der Waals surface area contributed by atoms with Crippen LogP contribution < -0.4 is 10.7 Å². The number of H-pyrrole nitrogens is 1. The molecule has 11 heteroatoms. The highest BCUT2D eigenvalue weighted by Crippen LogP contribution is 2.26. The summed E-state index contributed by atoms with van der Waals surface area (Å²) in [5, 5.41) is 15.7. The number of rotatable bonds is 5. The molecule has 0 unspecified atom stereocenters. The predicted octanol–water partition coefficient (Wildman–Crippen LogP) is 4.48. The molecule has 3 N–H and O–H groups in total. The zero-order valence-electron chi connectivity index (χ0n) is 15.1. The average molecular weight is 423 g/mol. The standard InChI is InChI=1S/C19H12ClFN8O/c20-13-7-11(5-6-14(13)21)24-16-17(26-19-18(25-16)28-30-29-19)27-23-9-10-8-22-15-4-2-1-3-12(10)15/h1-9,22H,(H,24,25,28)(H,26,27,29). The van der Waals surface area contributed by atoms with Crippen LogP contribution in [0, 0.1) is 5.82 Å². The molecule has 0 atom stereocenters. The van der Waals surface area contributed by atoms with Crippen molar-refractivity contribution in [1.82, 2.24) is 25.3 Å². The van der Waals surface area contributed by atoms with Crippen molar-refractivity contribution in [3.8, 4) is 0 Å². The number of aromatic nitrogens is 5. The smallest absolute Gasteiger partial charge is 0.245 e. The second-order valence-electron chi connectivity index (χ2n) is 6.25. The van der Waals surface area contributed by atoms with Crippen molar-refractivity contribution >= 4 is 57.3 Å². The Morgan fingerprint density at radius 2 is 1.87 bits per heavy atom. The summed E-state index contributed by atoms with van der Waals surface area (Å²) in [5.74, 6) is 0.0396.